The highest BCUT2D eigenvalue weighted by Crippen LogP contribution is 2.32. The lowest BCUT2D eigenvalue weighted by molar-refractivity contribution is 0.528. The van der Waals surface area contributed by atoms with Gasteiger partial charge < -0.3 is 5.32 Å². The van der Waals surface area contributed by atoms with Gasteiger partial charge in [0.2, 0.25) is 0 Å². The molecule has 0 saturated heterocycles. The predicted molar refractivity (Wildman–Crippen MR) is 92.7 cm³/mol. The third kappa shape index (κ3) is 4.18. The maximum Gasteiger partial charge on any atom is 0.0704 e. The summed E-state index contributed by atoms with van der Waals surface area (Å²) < 4.78 is 1.22. The second-order valence-electron chi connectivity index (χ2n) is 5.26. The monoisotopic (exact) mass is 351 g/mol. The number of halogens is 1. The van der Waals surface area contributed by atoms with Gasteiger partial charge in [-0.25, -0.2) is 0 Å². The van der Waals surface area contributed by atoms with Crippen LogP contribution in [0.1, 0.15) is 41.0 Å². The van der Waals surface area contributed by atoms with E-state index in [0.29, 0.717) is 6.04 Å². The summed E-state index contributed by atoms with van der Waals surface area (Å²) in [4.78, 5) is 1.40. The van der Waals surface area contributed by atoms with Crippen LogP contribution in [0.3, 0.4) is 0 Å². The molecule has 0 bridgehead atoms. The molecule has 2 rings (SSSR count). The Morgan fingerprint density at radius 1 is 1.25 bits per heavy atom. The number of nitrogens with one attached hydrogen (secondary N) is 1. The Hall–Kier alpha value is -0.640. The fraction of sp³-hybridized carbons (Fsp3) is 0.412. The van der Waals surface area contributed by atoms with Crippen molar-refractivity contribution in [2.24, 2.45) is 0 Å². The van der Waals surface area contributed by atoms with Crippen LogP contribution in [0.5, 0.6) is 0 Å². The van der Waals surface area contributed by atoms with Gasteiger partial charge in [0.15, 0.2) is 0 Å². The summed E-state index contributed by atoms with van der Waals surface area (Å²) in [5, 5.41) is 3.69. The topological polar surface area (TPSA) is 12.0 Å². The average Bonchev–Trinajstić information content (AvgIpc) is 2.73. The molecular weight excluding hydrogens is 330 g/mol. The van der Waals surface area contributed by atoms with Crippen molar-refractivity contribution < 1.29 is 0 Å². The molecule has 0 aliphatic heterocycles. The van der Waals surface area contributed by atoms with Crippen LogP contribution in [0.2, 0.25) is 0 Å². The molecule has 1 nitrogen and oxygen atoms in total. The zero-order valence-electron chi connectivity index (χ0n) is 12.4. The molecule has 0 radical (unpaired) electrons. The zero-order valence-corrected chi connectivity index (χ0v) is 14.8. The number of aryl methyl sites for hydroxylation is 2. The first-order valence-electron chi connectivity index (χ1n) is 7.15. The lowest BCUT2D eigenvalue weighted by Crippen LogP contribution is -2.24. The van der Waals surface area contributed by atoms with Gasteiger partial charge in [-0.2, -0.15) is 0 Å². The van der Waals surface area contributed by atoms with Crippen molar-refractivity contribution in [3.8, 4) is 0 Å². The number of thiophene rings is 1. The Kier molecular flexibility index (Phi) is 5.82. The van der Waals surface area contributed by atoms with Crippen molar-refractivity contribution >= 4 is 27.3 Å². The molecule has 0 fully saturated rings. The van der Waals surface area contributed by atoms with E-state index >= 15 is 0 Å². The number of hydrogen-bond acceptors (Lipinski definition) is 2. The van der Waals surface area contributed by atoms with Crippen molar-refractivity contribution in [2.45, 2.75) is 39.7 Å². The van der Waals surface area contributed by atoms with Crippen LogP contribution in [0.25, 0.3) is 0 Å². The molecule has 0 saturated carbocycles. The highest BCUT2D eigenvalue weighted by molar-refractivity contribution is 9.11. The van der Waals surface area contributed by atoms with Crippen LogP contribution in [-0.4, -0.2) is 6.54 Å². The number of hydrogen-bond donors (Lipinski definition) is 1. The highest BCUT2D eigenvalue weighted by atomic mass is 79.9. The van der Waals surface area contributed by atoms with Crippen molar-refractivity contribution in [2.75, 3.05) is 6.54 Å². The molecule has 0 amide bonds. The van der Waals surface area contributed by atoms with E-state index in [4.69, 9.17) is 0 Å². The molecule has 1 unspecified atom stereocenters. The lowest BCUT2D eigenvalue weighted by Gasteiger charge is -2.19. The minimum atomic E-state index is 0.402. The summed E-state index contributed by atoms with van der Waals surface area (Å²) in [5.41, 5.74) is 4.16. The Morgan fingerprint density at radius 2 is 2.05 bits per heavy atom. The maximum absolute atomic E-state index is 3.69. The third-order valence-electron chi connectivity index (χ3n) is 3.46. The maximum atomic E-state index is 3.69. The van der Waals surface area contributed by atoms with Gasteiger partial charge in [0.1, 0.15) is 0 Å². The van der Waals surface area contributed by atoms with E-state index < -0.39 is 0 Å². The second kappa shape index (κ2) is 7.39. The molecule has 1 aromatic heterocycles. The van der Waals surface area contributed by atoms with Crippen LogP contribution in [0.4, 0.5) is 0 Å². The van der Waals surface area contributed by atoms with Gasteiger partial charge in [0, 0.05) is 10.9 Å². The molecule has 1 N–H and O–H groups in total. The summed E-state index contributed by atoms with van der Waals surface area (Å²) >= 11 is 5.43. The SMILES string of the molecule is CCCNC(Cc1cccc(C)c1)c1cc(Br)sc1C. The Morgan fingerprint density at radius 3 is 2.65 bits per heavy atom. The van der Waals surface area contributed by atoms with Gasteiger partial charge >= 0.3 is 0 Å². The fourth-order valence-electron chi connectivity index (χ4n) is 2.49. The van der Waals surface area contributed by atoms with E-state index in [0.717, 1.165) is 19.4 Å². The van der Waals surface area contributed by atoms with Crippen molar-refractivity contribution in [1.29, 1.82) is 0 Å². The molecule has 1 heterocycles. The van der Waals surface area contributed by atoms with Crippen molar-refractivity contribution in [3.63, 3.8) is 0 Å². The summed E-state index contributed by atoms with van der Waals surface area (Å²) in [6.07, 6.45) is 2.21. The van der Waals surface area contributed by atoms with Crippen LogP contribution in [0.15, 0.2) is 34.1 Å². The van der Waals surface area contributed by atoms with Gasteiger partial charge in [-0.1, -0.05) is 36.8 Å². The summed E-state index contributed by atoms with van der Waals surface area (Å²) in [6, 6.07) is 11.5. The summed E-state index contributed by atoms with van der Waals surface area (Å²) in [7, 11) is 0. The minimum absolute atomic E-state index is 0.402. The normalized spacial score (nSPS) is 12.6. The zero-order chi connectivity index (χ0) is 14.5. The summed E-state index contributed by atoms with van der Waals surface area (Å²) in [5.74, 6) is 0. The molecule has 20 heavy (non-hydrogen) atoms. The highest BCUT2D eigenvalue weighted by Gasteiger charge is 2.16. The Bertz CT molecular complexity index is 562. The quantitative estimate of drug-likeness (QED) is 0.733. The standard InChI is InChI=1S/C17H22BrNS/c1-4-8-19-16(15-11-17(18)20-13(15)3)10-14-7-5-6-12(2)9-14/h5-7,9,11,16,19H,4,8,10H2,1-3H3. The van der Waals surface area contributed by atoms with Crippen LogP contribution in [0, 0.1) is 13.8 Å². The van der Waals surface area contributed by atoms with E-state index in [9.17, 15) is 0 Å². The van der Waals surface area contributed by atoms with Gasteiger partial charge in [0.05, 0.1) is 3.79 Å². The van der Waals surface area contributed by atoms with Gasteiger partial charge in [-0.05, 0) is 66.4 Å². The molecule has 108 valence electrons. The second-order valence-corrected chi connectivity index (χ2v) is 7.90. The van der Waals surface area contributed by atoms with E-state index in [1.54, 1.807) is 0 Å². The first-order chi connectivity index (χ1) is 9.60. The average molecular weight is 352 g/mol. The fourth-order valence-corrected chi connectivity index (χ4v) is 4.26. The Balaban J connectivity index is 2.21. The van der Waals surface area contributed by atoms with Crippen molar-refractivity contribution in [1.82, 2.24) is 5.32 Å². The number of rotatable bonds is 6. The molecule has 0 aliphatic carbocycles. The Labute approximate surface area is 134 Å². The lowest BCUT2D eigenvalue weighted by atomic mass is 9.98. The predicted octanol–water partition coefficient (Wildman–Crippen LogP) is 5.41. The number of benzene rings is 1. The smallest absolute Gasteiger partial charge is 0.0704 e. The van der Waals surface area contributed by atoms with Crippen LogP contribution >= 0.6 is 27.3 Å². The molecule has 1 atom stereocenters. The van der Waals surface area contributed by atoms with Crippen molar-refractivity contribution in [3.05, 3.63) is 55.7 Å². The molecule has 1 aromatic carbocycles. The van der Waals surface area contributed by atoms with E-state index in [1.807, 2.05) is 11.3 Å². The van der Waals surface area contributed by atoms with E-state index in [1.165, 1.54) is 25.4 Å². The first kappa shape index (κ1) is 15.7. The molecule has 2 aromatic rings. The van der Waals surface area contributed by atoms with E-state index in [2.05, 4.69) is 72.3 Å². The largest absolute Gasteiger partial charge is 0.310 e. The van der Waals surface area contributed by atoms with Gasteiger partial charge in [0.25, 0.3) is 0 Å². The van der Waals surface area contributed by atoms with Crippen LogP contribution in [-0.2, 0) is 6.42 Å². The third-order valence-corrected chi connectivity index (χ3v) is 5.03. The molecular formula is C17H22BrNS. The molecule has 0 spiro atoms. The van der Waals surface area contributed by atoms with Gasteiger partial charge in [-0.15, -0.1) is 11.3 Å². The molecule has 0 aliphatic rings. The minimum Gasteiger partial charge on any atom is -0.310 e. The molecule has 3 heteroatoms. The van der Waals surface area contributed by atoms with Gasteiger partial charge in [-0.3, -0.25) is 0 Å². The van der Waals surface area contributed by atoms with Crippen LogP contribution < -0.4 is 5.32 Å². The first-order valence-corrected chi connectivity index (χ1v) is 8.76. The van der Waals surface area contributed by atoms with E-state index in [-0.39, 0.29) is 0 Å². The summed E-state index contributed by atoms with van der Waals surface area (Å²) in [6.45, 7) is 7.64.